The Bertz CT molecular complexity index is 1970. The third-order valence-electron chi connectivity index (χ3n) is 7.35. The Balaban J connectivity index is 1.65. The van der Waals surface area contributed by atoms with Crippen LogP contribution >= 0.6 is 0 Å². The molecule has 0 aliphatic rings. The molecule has 0 aliphatic carbocycles. The maximum Gasteiger partial charge on any atom is 0.159 e. The molecule has 0 amide bonds. The monoisotopic (exact) mass is 518 g/mol. The van der Waals surface area contributed by atoms with Gasteiger partial charge < -0.3 is 9.13 Å². The van der Waals surface area contributed by atoms with E-state index in [-0.39, 0.29) is 0 Å². The molecule has 0 aliphatic heterocycles. The van der Waals surface area contributed by atoms with Crippen LogP contribution in [0.15, 0.2) is 116 Å². The van der Waals surface area contributed by atoms with Crippen molar-refractivity contribution in [3.63, 3.8) is 0 Å². The molecule has 3 aromatic heterocycles. The van der Waals surface area contributed by atoms with Crippen molar-refractivity contribution in [3.8, 4) is 34.0 Å². The maximum atomic E-state index is 4.76. The molecule has 3 aromatic carbocycles. The van der Waals surface area contributed by atoms with Crippen molar-refractivity contribution in [1.29, 1.82) is 0 Å². The van der Waals surface area contributed by atoms with Crippen molar-refractivity contribution >= 4 is 29.6 Å². The van der Waals surface area contributed by atoms with Gasteiger partial charge in [0, 0.05) is 28.4 Å². The highest BCUT2D eigenvalue weighted by Crippen LogP contribution is 2.36. The number of nitrogens with zero attached hydrogens (tertiary/aromatic N) is 4. The lowest BCUT2D eigenvalue weighted by Gasteiger charge is -2.16. The Morgan fingerprint density at radius 1 is 0.825 bits per heavy atom. The summed E-state index contributed by atoms with van der Waals surface area (Å²) in [5.41, 5.74) is 8.42. The number of hydrogen-bond donors (Lipinski definition) is 0. The standard InChI is InChI=1S/C36H30N4/c1-5-7-18-32-25(3)26(4)35(40(32)30-23-37-36(38-24-30)28-14-10-8-11-15-28)34-27(6-2)19-20-33-31(34)21-22-39(33)29-16-12-9-13-17-29/h5-24H,2-3H2,1,4H3/b7-5-,32-18+. The zero-order valence-corrected chi connectivity index (χ0v) is 22.8. The van der Waals surface area contributed by atoms with Gasteiger partial charge in [-0.1, -0.05) is 86.0 Å². The Kier molecular flexibility index (Phi) is 6.59. The lowest BCUT2D eigenvalue weighted by molar-refractivity contribution is 0.996. The average Bonchev–Trinajstić information content (AvgIpc) is 3.55. The highest BCUT2D eigenvalue weighted by Gasteiger charge is 2.21. The first kappa shape index (κ1) is 25.1. The molecular weight excluding hydrogens is 488 g/mol. The van der Waals surface area contributed by atoms with Crippen LogP contribution in [-0.2, 0) is 0 Å². The normalized spacial score (nSPS) is 12.0. The van der Waals surface area contributed by atoms with Gasteiger partial charge in [0.15, 0.2) is 5.82 Å². The number of aromatic nitrogens is 4. The topological polar surface area (TPSA) is 35.6 Å². The number of hydrogen-bond acceptors (Lipinski definition) is 2. The molecule has 0 atom stereocenters. The SMILES string of the molecule is C=Cc1ccc2c(ccn2-c2ccccc2)c1-c1c(C)c(=C)/c(=C\C=C/C)n1-c1cnc(-c2ccccc2)nc1. The van der Waals surface area contributed by atoms with Crippen LogP contribution in [0.2, 0.25) is 0 Å². The van der Waals surface area contributed by atoms with Crippen molar-refractivity contribution < 1.29 is 0 Å². The zero-order chi connectivity index (χ0) is 27.6. The summed E-state index contributed by atoms with van der Waals surface area (Å²) in [5, 5.41) is 3.11. The van der Waals surface area contributed by atoms with E-state index in [1.54, 1.807) is 0 Å². The van der Waals surface area contributed by atoms with Crippen molar-refractivity contribution in [3.05, 3.63) is 138 Å². The molecule has 0 unspecified atom stereocenters. The summed E-state index contributed by atoms with van der Waals surface area (Å²) < 4.78 is 4.46. The minimum Gasteiger partial charge on any atom is -0.317 e. The van der Waals surface area contributed by atoms with Gasteiger partial charge in [-0.05, 0) is 60.5 Å². The van der Waals surface area contributed by atoms with Crippen LogP contribution in [0, 0.1) is 6.92 Å². The molecule has 6 aromatic rings. The second-order valence-corrected chi connectivity index (χ2v) is 9.68. The number of rotatable bonds is 6. The van der Waals surface area contributed by atoms with E-state index < -0.39 is 0 Å². The van der Waals surface area contributed by atoms with E-state index >= 15 is 0 Å². The molecule has 0 fully saturated rings. The predicted molar refractivity (Wildman–Crippen MR) is 168 cm³/mol. The Labute approximate surface area is 234 Å². The highest BCUT2D eigenvalue weighted by molar-refractivity contribution is 6.00. The third kappa shape index (κ3) is 4.20. The lowest BCUT2D eigenvalue weighted by atomic mass is 9.97. The molecule has 194 valence electrons. The first-order valence-corrected chi connectivity index (χ1v) is 13.4. The second-order valence-electron chi connectivity index (χ2n) is 9.68. The summed E-state index contributed by atoms with van der Waals surface area (Å²) in [5.74, 6) is 0.692. The van der Waals surface area contributed by atoms with Crippen molar-refractivity contribution in [2.45, 2.75) is 13.8 Å². The molecular formula is C36H30N4. The van der Waals surface area contributed by atoms with Crippen LogP contribution in [-0.4, -0.2) is 19.1 Å². The van der Waals surface area contributed by atoms with E-state index in [9.17, 15) is 0 Å². The molecule has 0 bridgehead atoms. The fraction of sp³-hybridized carbons (Fsp3) is 0.0556. The van der Waals surface area contributed by atoms with E-state index in [2.05, 4.69) is 84.0 Å². The smallest absolute Gasteiger partial charge is 0.159 e. The van der Waals surface area contributed by atoms with Gasteiger partial charge >= 0.3 is 0 Å². The lowest BCUT2D eigenvalue weighted by Crippen LogP contribution is -2.28. The quantitative estimate of drug-likeness (QED) is 0.233. The molecule has 0 N–H and O–H groups in total. The summed E-state index contributed by atoms with van der Waals surface area (Å²) in [7, 11) is 0. The zero-order valence-electron chi connectivity index (χ0n) is 22.8. The molecule has 0 saturated carbocycles. The van der Waals surface area contributed by atoms with E-state index in [4.69, 9.17) is 9.97 Å². The fourth-order valence-electron chi connectivity index (χ4n) is 5.34. The first-order valence-electron chi connectivity index (χ1n) is 13.4. The minimum absolute atomic E-state index is 0.692. The van der Waals surface area contributed by atoms with Crippen LogP contribution in [0.5, 0.6) is 0 Å². The number of benzene rings is 3. The van der Waals surface area contributed by atoms with E-state index in [1.807, 2.05) is 73.9 Å². The van der Waals surface area contributed by atoms with Gasteiger partial charge in [0.1, 0.15) is 0 Å². The summed E-state index contributed by atoms with van der Waals surface area (Å²) in [6.07, 6.45) is 14.0. The van der Waals surface area contributed by atoms with Gasteiger partial charge in [-0.15, -0.1) is 0 Å². The largest absolute Gasteiger partial charge is 0.317 e. The van der Waals surface area contributed by atoms with Gasteiger partial charge in [-0.2, -0.15) is 0 Å². The van der Waals surface area contributed by atoms with Gasteiger partial charge in [-0.25, -0.2) is 9.97 Å². The molecule has 3 heterocycles. The molecule has 6 rings (SSSR count). The Hall–Kier alpha value is -5.22. The minimum atomic E-state index is 0.692. The van der Waals surface area contributed by atoms with Crippen molar-refractivity contribution in [2.24, 2.45) is 0 Å². The maximum absolute atomic E-state index is 4.76. The third-order valence-corrected chi connectivity index (χ3v) is 7.35. The van der Waals surface area contributed by atoms with Crippen LogP contribution < -0.4 is 10.6 Å². The van der Waals surface area contributed by atoms with Crippen molar-refractivity contribution in [2.75, 3.05) is 0 Å². The van der Waals surface area contributed by atoms with E-state index in [1.165, 1.54) is 0 Å². The summed E-state index contributed by atoms with van der Waals surface area (Å²) in [6, 6.07) is 26.9. The average molecular weight is 519 g/mol. The van der Waals surface area contributed by atoms with Gasteiger partial charge in [-0.3, -0.25) is 0 Å². The molecule has 0 radical (unpaired) electrons. The van der Waals surface area contributed by atoms with Crippen LogP contribution in [0.25, 0.3) is 63.7 Å². The van der Waals surface area contributed by atoms with Crippen LogP contribution in [0.4, 0.5) is 0 Å². The number of para-hydroxylation sites is 1. The van der Waals surface area contributed by atoms with Crippen LogP contribution in [0.1, 0.15) is 18.1 Å². The van der Waals surface area contributed by atoms with Crippen LogP contribution in [0.3, 0.4) is 0 Å². The highest BCUT2D eigenvalue weighted by atomic mass is 15.0. The van der Waals surface area contributed by atoms with E-state index in [0.29, 0.717) is 5.82 Å². The molecule has 40 heavy (non-hydrogen) atoms. The van der Waals surface area contributed by atoms with Gasteiger partial charge in [0.05, 0.1) is 34.6 Å². The summed E-state index contributed by atoms with van der Waals surface area (Å²) >= 11 is 0. The predicted octanol–water partition coefficient (Wildman–Crippen LogP) is 7.26. The fourth-order valence-corrected chi connectivity index (χ4v) is 5.34. The summed E-state index contributed by atoms with van der Waals surface area (Å²) in [4.78, 5) is 9.52. The number of fused-ring (bicyclic) bond motifs is 1. The first-order chi connectivity index (χ1) is 19.6. The van der Waals surface area contributed by atoms with E-state index in [0.717, 1.165) is 60.8 Å². The Morgan fingerprint density at radius 3 is 2.20 bits per heavy atom. The molecule has 0 saturated heterocycles. The number of allylic oxidation sites excluding steroid dienone is 2. The van der Waals surface area contributed by atoms with Gasteiger partial charge in [0.25, 0.3) is 0 Å². The second kappa shape index (κ2) is 10.5. The van der Waals surface area contributed by atoms with Gasteiger partial charge in [0.2, 0.25) is 0 Å². The molecule has 4 heteroatoms. The molecule has 4 nitrogen and oxygen atoms in total. The Morgan fingerprint density at radius 2 is 1.52 bits per heavy atom. The summed E-state index contributed by atoms with van der Waals surface area (Å²) in [6.45, 7) is 12.8. The van der Waals surface area contributed by atoms with Crippen molar-refractivity contribution in [1.82, 2.24) is 19.1 Å². The molecule has 0 spiro atoms.